The summed E-state index contributed by atoms with van der Waals surface area (Å²) >= 11 is 1.75. The smallest absolute Gasteiger partial charge is 0.220 e. The van der Waals surface area contributed by atoms with E-state index >= 15 is 0 Å². The monoisotopic (exact) mass is 338 g/mol. The Morgan fingerprint density at radius 3 is 2.86 bits per heavy atom. The van der Waals surface area contributed by atoms with E-state index in [0.717, 1.165) is 19.3 Å². The summed E-state index contributed by atoms with van der Waals surface area (Å²) in [6.45, 7) is 2.05. The van der Waals surface area contributed by atoms with Gasteiger partial charge in [0.25, 0.3) is 0 Å². The predicted octanol–water partition coefficient (Wildman–Crippen LogP) is 4.02. The Morgan fingerprint density at radius 2 is 2.18 bits per heavy atom. The van der Waals surface area contributed by atoms with Crippen molar-refractivity contribution in [1.29, 1.82) is 0 Å². The minimum Gasteiger partial charge on any atom is -0.349 e. The number of nitrogens with two attached hydrogens (primary N) is 1. The summed E-state index contributed by atoms with van der Waals surface area (Å²) in [7, 11) is 0. The molecule has 3 N–H and O–H groups in total. The van der Waals surface area contributed by atoms with Crippen LogP contribution in [0.4, 0.5) is 0 Å². The van der Waals surface area contributed by atoms with E-state index in [-0.39, 0.29) is 30.4 Å². The van der Waals surface area contributed by atoms with E-state index in [2.05, 4.69) is 30.4 Å². The zero-order valence-corrected chi connectivity index (χ0v) is 14.4. The number of carbonyl (C=O) groups excluding carboxylic acids is 1. The largest absolute Gasteiger partial charge is 0.349 e. The molecule has 0 spiro atoms. The van der Waals surface area contributed by atoms with E-state index < -0.39 is 0 Å². The van der Waals surface area contributed by atoms with Crippen molar-refractivity contribution >= 4 is 39.7 Å². The zero-order valence-electron chi connectivity index (χ0n) is 12.7. The predicted molar refractivity (Wildman–Crippen MR) is 95.6 cm³/mol. The lowest BCUT2D eigenvalue weighted by atomic mass is 10.00. The summed E-state index contributed by atoms with van der Waals surface area (Å²) in [4.78, 5) is 13.4. The maximum Gasteiger partial charge on any atom is 0.220 e. The van der Waals surface area contributed by atoms with E-state index in [4.69, 9.17) is 5.73 Å². The number of nitrogens with one attached hydrogen (secondary N) is 1. The average molecular weight is 339 g/mol. The van der Waals surface area contributed by atoms with Crippen LogP contribution < -0.4 is 11.1 Å². The van der Waals surface area contributed by atoms with Gasteiger partial charge in [0.1, 0.15) is 0 Å². The van der Waals surface area contributed by atoms with Crippen LogP contribution in [-0.2, 0) is 4.79 Å². The molecule has 0 bridgehead atoms. The number of fused-ring (bicyclic) bond motifs is 1. The van der Waals surface area contributed by atoms with Gasteiger partial charge in [-0.1, -0.05) is 24.6 Å². The molecule has 1 aliphatic carbocycles. The van der Waals surface area contributed by atoms with Crippen molar-refractivity contribution in [2.24, 2.45) is 11.7 Å². The molecule has 3 nitrogen and oxygen atoms in total. The Balaban J connectivity index is 0.00000176. The molecular weight excluding hydrogens is 316 g/mol. The summed E-state index contributed by atoms with van der Waals surface area (Å²) in [5.74, 6) is 0.488. The van der Waals surface area contributed by atoms with E-state index in [1.807, 2.05) is 12.1 Å². The van der Waals surface area contributed by atoms with Crippen molar-refractivity contribution in [3.63, 3.8) is 0 Å². The fourth-order valence-electron chi connectivity index (χ4n) is 3.14. The molecule has 1 amide bonds. The molecule has 3 rings (SSSR count). The first kappa shape index (κ1) is 17.3. The van der Waals surface area contributed by atoms with Gasteiger partial charge in [-0.05, 0) is 43.2 Å². The van der Waals surface area contributed by atoms with Crippen molar-refractivity contribution in [2.75, 3.05) is 0 Å². The second-order valence-corrected chi connectivity index (χ2v) is 7.15. The third-order valence-corrected chi connectivity index (χ3v) is 5.71. The van der Waals surface area contributed by atoms with Gasteiger partial charge in [0.2, 0.25) is 5.91 Å². The third-order valence-electron chi connectivity index (χ3n) is 4.41. The fourth-order valence-corrected chi connectivity index (χ4v) is 4.21. The topological polar surface area (TPSA) is 55.1 Å². The van der Waals surface area contributed by atoms with E-state index in [1.165, 1.54) is 15.0 Å². The van der Waals surface area contributed by atoms with Crippen molar-refractivity contribution in [3.8, 4) is 0 Å². The summed E-state index contributed by atoms with van der Waals surface area (Å²) in [6, 6.07) is 10.8. The number of rotatable bonds is 4. The molecule has 0 saturated heterocycles. The van der Waals surface area contributed by atoms with Crippen LogP contribution >= 0.6 is 23.7 Å². The Hall–Kier alpha value is -1.10. The second-order valence-electron chi connectivity index (χ2n) is 6.03. The minimum absolute atomic E-state index is 0. The highest BCUT2D eigenvalue weighted by Gasteiger charge is 2.26. The standard InChI is InChI=1S/C17H22N2OS.ClH/c1-11(16-9-13-5-2-3-8-15(13)21-16)19-17(20)10-12-6-4-7-14(12)18;/h2-3,5,8-9,11-12,14H,4,6-7,10,18H2,1H3,(H,19,20);1H/t11?,12-,14+;/m0./s1. The molecule has 1 aliphatic rings. The molecule has 1 aromatic carbocycles. The molecule has 1 fully saturated rings. The molecule has 2 aromatic rings. The van der Waals surface area contributed by atoms with Gasteiger partial charge in [0.15, 0.2) is 0 Å². The van der Waals surface area contributed by atoms with Gasteiger partial charge in [0, 0.05) is 22.0 Å². The minimum atomic E-state index is 0. The molecule has 22 heavy (non-hydrogen) atoms. The molecule has 0 aliphatic heterocycles. The lowest BCUT2D eigenvalue weighted by molar-refractivity contribution is -0.122. The number of amides is 1. The number of hydrogen-bond donors (Lipinski definition) is 2. The van der Waals surface area contributed by atoms with Gasteiger partial charge < -0.3 is 11.1 Å². The zero-order chi connectivity index (χ0) is 14.8. The lowest BCUT2D eigenvalue weighted by Crippen LogP contribution is -2.32. The van der Waals surface area contributed by atoms with Gasteiger partial charge in [-0.25, -0.2) is 0 Å². The van der Waals surface area contributed by atoms with Crippen LogP contribution in [0.15, 0.2) is 30.3 Å². The first-order chi connectivity index (χ1) is 10.1. The van der Waals surface area contributed by atoms with E-state index in [1.54, 1.807) is 11.3 Å². The molecule has 1 aromatic heterocycles. The van der Waals surface area contributed by atoms with Crippen molar-refractivity contribution in [3.05, 3.63) is 35.2 Å². The van der Waals surface area contributed by atoms with Gasteiger partial charge in [-0.15, -0.1) is 23.7 Å². The summed E-state index contributed by atoms with van der Waals surface area (Å²) in [6.07, 6.45) is 3.87. The number of halogens is 1. The first-order valence-corrected chi connectivity index (χ1v) is 8.48. The summed E-state index contributed by atoms with van der Waals surface area (Å²) < 4.78 is 1.27. The Morgan fingerprint density at radius 1 is 1.41 bits per heavy atom. The Bertz CT molecular complexity index is 609. The second kappa shape index (κ2) is 7.44. The van der Waals surface area contributed by atoms with Gasteiger partial charge in [-0.2, -0.15) is 0 Å². The highest BCUT2D eigenvalue weighted by Crippen LogP contribution is 2.30. The average Bonchev–Trinajstić information content (AvgIpc) is 3.05. The van der Waals surface area contributed by atoms with E-state index in [9.17, 15) is 4.79 Å². The van der Waals surface area contributed by atoms with Crippen LogP contribution in [0.3, 0.4) is 0 Å². The SMILES string of the molecule is CC(NC(=O)C[C@@H]1CCC[C@H]1N)c1cc2ccccc2s1.Cl. The highest BCUT2D eigenvalue weighted by atomic mass is 35.5. The molecule has 1 heterocycles. The maximum atomic E-state index is 12.2. The van der Waals surface area contributed by atoms with E-state index in [0.29, 0.717) is 12.3 Å². The molecule has 1 unspecified atom stereocenters. The fraction of sp³-hybridized carbons (Fsp3) is 0.471. The van der Waals surface area contributed by atoms with Gasteiger partial charge >= 0.3 is 0 Å². The van der Waals surface area contributed by atoms with Crippen LogP contribution in [0.1, 0.15) is 43.5 Å². The normalized spacial score (nSPS) is 22.3. The van der Waals surface area contributed by atoms with Crippen molar-refractivity contribution < 1.29 is 4.79 Å². The van der Waals surface area contributed by atoms with Crippen LogP contribution in [0, 0.1) is 5.92 Å². The molecular formula is C17H23ClN2OS. The van der Waals surface area contributed by atoms with Crippen molar-refractivity contribution in [1.82, 2.24) is 5.32 Å². The quantitative estimate of drug-likeness (QED) is 0.884. The van der Waals surface area contributed by atoms with Crippen molar-refractivity contribution in [2.45, 2.75) is 44.7 Å². The molecule has 0 radical (unpaired) electrons. The maximum absolute atomic E-state index is 12.2. The number of hydrogen-bond acceptors (Lipinski definition) is 3. The van der Waals surface area contributed by atoms with Crippen LogP contribution in [0.25, 0.3) is 10.1 Å². The summed E-state index contributed by atoms with van der Waals surface area (Å²) in [5, 5.41) is 4.37. The third kappa shape index (κ3) is 3.80. The molecule has 120 valence electrons. The highest BCUT2D eigenvalue weighted by molar-refractivity contribution is 7.19. The number of thiophene rings is 1. The number of carbonyl (C=O) groups is 1. The molecule has 3 atom stereocenters. The van der Waals surface area contributed by atoms with Crippen LogP contribution in [0.5, 0.6) is 0 Å². The number of benzene rings is 1. The Labute approximate surface area is 141 Å². The van der Waals surface area contributed by atoms with Gasteiger partial charge in [0.05, 0.1) is 6.04 Å². The molecule has 5 heteroatoms. The first-order valence-electron chi connectivity index (χ1n) is 7.67. The van der Waals surface area contributed by atoms with Crippen LogP contribution in [-0.4, -0.2) is 11.9 Å². The summed E-state index contributed by atoms with van der Waals surface area (Å²) in [5.41, 5.74) is 6.04. The van der Waals surface area contributed by atoms with Crippen LogP contribution in [0.2, 0.25) is 0 Å². The Kier molecular flexibility index (Phi) is 5.84. The van der Waals surface area contributed by atoms with Gasteiger partial charge in [-0.3, -0.25) is 4.79 Å². The lowest BCUT2D eigenvalue weighted by Gasteiger charge is -2.17. The molecule has 1 saturated carbocycles.